The van der Waals surface area contributed by atoms with E-state index in [4.69, 9.17) is 0 Å². The lowest BCUT2D eigenvalue weighted by atomic mass is 10.1. The van der Waals surface area contributed by atoms with Crippen molar-refractivity contribution >= 4 is 17.5 Å². The molecule has 0 aromatic heterocycles. The fourth-order valence-corrected chi connectivity index (χ4v) is 2.15. The van der Waals surface area contributed by atoms with Crippen LogP contribution in [0.25, 0.3) is 0 Å². The van der Waals surface area contributed by atoms with Crippen molar-refractivity contribution in [1.82, 2.24) is 15.2 Å². The zero-order valence-electron chi connectivity index (χ0n) is 10.3. The molecule has 0 aromatic rings. The predicted octanol–water partition coefficient (Wildman–Crippen LogP) is -0.585. The van der Waals surface area contributed by atoms with Crippen LogP contribution in [0.2, 0.25) is 0 Å². The van der Waals surface area contributed by atoms with Crippen LogP contribution in [0.3, 0.4) is 0 Å². The monoisotopic (exact) mass is 238 g/mol. The van der Waals surface area contributed by atoms with Gasteiger partial charge in [0.25, 0.3) is 5.91 Å². The molecule has 2 aliphatic rings. The molecule has 0 spiro atoms. The minimum absolute atomic E-state index is 0.0397. The standard InChI is InChI=1S/C11H18N4O2/c1-14-6-5-8(7-14)12-11(17)9-3-4-10(16)15(2)13-9/h8H,3-7H2,1-2H3,(H,12,17). The molecule has 6 nitrogen and oxygen atoms in total. The van der Waals surface area contributed by atoms with E-state index in [0.717, 1.165) is 19.5 Å². The first kappa shape index (κ1) is 12.0. The van der Waals surface area contributed by atoms with Gasteiger partial charge in [0, 0.05) is 32.5 Å². The highest BCUT2D eigenvalue weighted by Crippen LogP contribution is 2.09. The van der Waals surface area contributed by atoms with Gasteiger partial charge in [-0.05, 0) is 20.0 Å². The van der Waals surface area contributed by atoms with E-state index in [2.05, 4.69) is 15.3 Å². The van der Waals surface area contributed by atoms with Crippen molar-refractivity contribution in [2.45, 2.75) is 25.3 Å². The molecule has 0 saturated carbocycles. The van der Waals surface area contributed by atoms with Crippen molar-refractivity contribution in [2.75, 3.05) is 27.2 Å². The molecule has 0 aliphatic carbocycles. The van der Waals surface area contributed by atoms with Crippen LogP contribution in [0.1, 0.15) is 19.3 Å². The number of amides is 2. The average Bonchev–Trinajstić information content (AvgIpc) is 2.68. The van der Waals surface area contributed by atoms with Crippen LogP contribution in [0.4, 0.5) is 0 Å². The van der Waals surface area contributed by atoms with Crippen LogP contribution < -0.4 is 5.32 Å². The van der Waals surface area contributed by atoms with Crippen molar-refractivity contribution in [3.8, 4) is 0 Å². The molecule has 2 heterocycles. The third kappa shape index (κ3) is 2.82. The Morgan fingerprint density at radius 3 is 2.76 bits per heavy atom. The first-order valence-electron chi connectivity index (χ1n) is 5.89. The zero-order valence-corrected chi connectivity index (χ0v) is 10.3. The summed E-state index contributed by atoms with van der Waals surface area (Å²) in [6.45, 7) is 1.89. The number of rotatable bonds is 2. The minimum Gasteiger partial charge on any atom is -0.347 e. The number of hydrazone groups is 1. The maximum Gasteiger partial charge on any atom is 0.267 e. The Hall–Kier alpha value is -1.43. The second-order valence-corrected chi connectivity index (χ2v) is 4.69. The number of carbonyl (C=O) groups is 2. The van der Waals surface area contributed by atoms with E-state index in [9.17, 15) is 9.59 Å². The van der Waals surface area contributed by atoms with Gasteiger partial charge in [0.05, 0.1) is 0 Å². The Bertz CT molecular complexity index is 366. The summed E-state index contributed by atoms with van der Waals surface area (Å²) in [4.78, 5) is 25.3. The van der Waals surface area contributed by atoms with Crippen molar-refractivity contribution in [3.05, 3.63) is 0 Å². The highest BCUT2D eigenvalue weighted by atomic mass is 16.2. The molecule has 2 rings (SSSR count). The van der Waals surface area contributed by atoms with Gasteiger partial charge >= 0.3 is 0 Å². The molecule has 1 fully saturated rings. The number of likely N-dealkylation sites (tertiary alicyclic amines) is 1. The minimum atomic E-state index is -0.135. The lowest BCUT2D eigenvalue weighted by Crippen LogP contribution is -2.43. The number of hydrogen-bond donors (Lipinski definition) is 1. The van der Waals surface area contributed by atoms with E-state index in [1.54, 1.807) is 7.05 Å². The maximum absolute atomic E-state index is 11.9. The van der Waals surface area contributed by atoms with Gasteiger partial charge in [0.15, 0.2) is 0 Å². The van der Waals surface area contributed by atoms with Gasteiger partial charge in [-0.1, -0.05) is 0 Å². The van der Waals surface area contributed by atoms with E-state index < -0.39 is 0 Å². The molecule has 2 amide bonds. The van der Waals surface area contributed by atoms with Gasteiger partial charge in [0.2, 0.25) is 5.91 Å². The summed E-state index contributed by atoms with van der Waals surface area (Å²) >= 11 is 0. The third-order valence-electron chi connectivity index (χ3n) is 3.20. The van der Waals surface area contributed by atoms with Gasteiger partial charge in [-0.3, -0.25) is 9.59 Å². The Kier molecular flexibility index (Phi) is 3.42. The largest absolute Gasteiger partial charge is 0.347 e. The summed E-state index contributed by atoms with van der Waals surface area (Å²) in [7, 11) is 3.62. The van der Waals surface area contributed by atoms with Crippen LogP contribution >= 0.6 is 0 Å². The lowest BCUT2D eigenvalue weighted by Gasteiger charge is -2.20. The smallest absolute Gasteiger partial charge is 0.267 e. The molecule has 1 saturated heterocycles. The highest BCUT2D eigenvalue weighted by Gasteiger charge is 2.26. The Balaban J connectivity index is 1.92. The Morgan fingerprint density at radius 1 is 1.41 bits per heavy atom. The fourth-order valence-electron chi connectivity index (χ4n) is 2.15. The summed E-state index contributed by atoms with van der Waals surface area (Å²) in [6.07, 6.45) is 1.79. The summed E-state index contributed by atoms with van der Waals surface area (Å²) < 4.78 is 0. The van der Waals surface area contributed by atoms with Crippen LogP contribution in [-0.4, -0.2) is 60.7 Å². The SMILES string of the molecule is CN1CCC(NC(=O)C2=NN(C)C(=O)CC2)C1. The molecule has 1 N–H and O–H groups in total. The maximum atomic E-state index is 11.9. The molecule has 2 aliphatic heterocycles. The fraction of sp³-hybridized carbons (Fsp3) is 0.727. The molecule has 94 valence electrons. The topological polar surface area (TPSA) is 65.0 Å². The quantitative estimate of drug-likeness (QED) is 0.699. The second kappa shape index (κ2) is 4.83. The first-order valence-corrected chi connectivity index (χ1v) is 5.89. The summed E-state index contributed by atoms with van der Waals surface area (Å²) in [5.41, 5.74) is 0.460. The van der Waals surface area contributed by atoms with Crippen LogP contribution in [0.5, 0.6) is 0 Å². The Labute approximate surface area is 101 Å². The van der Waals surface area contributed by atoms with E-state index in [1.807, 2.05) is 7.05 Å². The van der Waals surface area contributed by atoms with Gasteiger partial charge in [-0.25, -0.2) is 5.01 Å². The van der Waals surface area contributed by atoms with Crippen LogP contribution in [0.15, 0.2) is 5.10 Å². The van der Waals surface area contributed by atoms with Crippen molar-refractivity contribution in [3.63, 3.8) is 0 Å². The number of likely N-dealkylation sites (N-methyl/N-ethyl adjacent to an activating group) is 1. The number of nitrogens with one attached hydrogen (secondary N) is 1. The first-order chi connectivity index (χ1) is 8.06. The molecule has 0 aromatic carbocycles. The number of carbonyl (C=O) groups excluding carboxylic acids is 2. The average molecular weight is 238 g/mol. The second-order valence-electron chi connectivity index (χ2n) is 4.69. The molecular weight excluding hydrogens is 220 g/mol. The van der Waals surface area contributed by atoms with Crippen LogP contribution in [0, 0.1) is 0 Å². The van der Waals surface area contributed by atoms with Gasteiger partial charge in [-0.15, -0.1) is 0 Å². The summed E-state index contributed by atoms with van der Waals surface area (Å²) in [5, 5.41) is 8.21. The zero-order chi connectivity index (χ0) is 12.4. The Morgan fingerprint density at radius 2 is 2.18 bits per heavy atom. The van der Waals surface area contributed by atoms with Crippen molar-refractivity contribution in [2.24, 2.45) is 5.10 Å². The highest BCUT2D eigenvalue weighted by molar-refractivity contribution is 6.39. The van der Waals surface area contributed by atoms with Gasteiger partial charge in [-0.2, -0.15) is 5.10 Å². The van der Waals surface area contributed by atoms with Crippen LogP contribution in [-0.2, 0) is 9.59 Å². The number of nitrogens with zero attached hydrogens (tertiary/aromatic N) is 3. The third-order valence-corrected chi connectivity index (χ3v) is 3.20. The van der Waals surface area contributed by atoms with Gasteiger partial charge < -0.3 is 10.2 Å². The molecule has 0 radical (unpaired) electrons. The number of hydrogen-bond acceptors (Lipinski definition) is 4. The molecule has 1 unspecified atom stereocenters. The van der Waals surface area contributed by atoms with Crippen molar-refractivity contribution in [1.29, 1.82) is 0 Å². The molecule has 6 heteroatoms. The summed E-state index contributed by atoms with van der Waals surface area (Å²) in [6, 6.07) is 0.207. The van der Waals surface area contributed by atoms with E-state index >= 15 is 0 Å². The van der Waals surface area contributed by atoms with Crippen molar-refractivity contribution < 1.29 is 9.59 Å². The predicted molar refractivity (Wildman–Crippen MR) is 63.5 cm³/mol. The normalized spacial score (nSPS) is 26.0. The van der Waals surface area contributed by atoms with E-state index in [0.29, 0.717) is 18.6 Å². The molecule has 0 bridgehead atoms. The molecule has 17 heavy (non-hydrogen) atoms. The van der Waals surface area contributed by atoms with Gasteiger partial charge in [0.1, 0.15) is 5.71 Å². The summed E-state index contributed by atoms with van der Waals surface area (Å²) in [5.74, 6) is -0.174. The lowest BCUT2D eigenvalue weighted by molar-refractivity contribution is -0.130. The molecular formula is C11H18N4O2. The van der Waals surface area contributed by atoms with E-state index in [-0.39, 0.29) is 17.9 Å². The van der Waals surface area contributed by atoms with E-state index in [1.165, 1.54) is 5.01 Å². The molecule has 1 atom stereocenters.